The number of alkyl halides is 3. The normalized spacial score (nSPS) is 14.6. The molecule has 3 N–H and O–H groups in total. The molecule has 112 valence electrons. The molecular weight excluding hydrogens is 273 g/mol. The Balaban J connectivity index is 2.92. The van der Waals surface area contributed by atoms with Gasteiger partial charge >= 0.3 is 6.18 Å². The zero-order valence-electron chi connectivity index (χ0n) is 11.5. The predicted molar refractivity (Wildman–Crippen MR) is 69.6 cm³/mol. The Bertz CT molecular complexity index is 499. The van der Waals surface area contributed by atoms with E-state index in [0.717, 1.165) is 0 Å². The van der Waals surface area contributed by atoms with Crippen molar-refractivity contribution in [2.75, 3.05) is 11.9 Å². The molecule has 1 amide bonds. The molecule has 0 heterocycles. The van der Waals surface area contributed by atoms with Crippen LogP contribution >= 0.6 is 0 Å². The van der Waals surface area contributed by atoms with Crippen molar-refractivity contribution in [2.45, 2.75) is 32.5 Å². The van der Waals surface area contributed by atoms with E-state index >= 15 is 0 Å². The maximum absolute atomic E-state index is 12.6. The minimum Gasteiger partial charge on any atom is -0.494 e. The minimum absolute atomic E-state index is 0.263. The highest BCUT2D eigenvalue weighted by Crippen LogP contribution is 2.30. The largest absolute Gasteiger partial charge is 0.494 e. The van der Waals surface area contributed by atoms with Gasteiger partial charge in [-0.3, -0.25) is 4.79 Å². The van der Waals surface area contributed by atoms with E-state index in [0.29, 0.717) is 24.8 Å². The second-order valence-corrected chi connectivity index (χ2v) is 4.56. The van der Waals surface area contributed by atoms with Crippen LogP contribution in [0.3, 0.4) is 0 Å². The van der Waals surface area contributed by atoms with E-state index in [1.54, 1.807) is 19.1 Å². The topological polar surface area (TPSA) is 64.3 Å². The van der Waals surface area contributed by atoms with Crippen molar-refractivity contribution in [3.8, 4) is 5.75 Å². The van der Waals surface area contributed by atoms with E-state index < -0.39 is 17.6 Å². The number of halogens is 3. The summed E-state index contributed by atoms with van der Waals surface area (Å²) < 4.78 is 43.2. The Kier molecular flexibility index (Phi) is 4.65. The van der Waals surface area contributed by atoms with Crippen LogP contribution in [0.1, 0.15) is 19.4 Å². The summed E-state index contributed by atoms with van der Waals surface area (Å²) in [7, 11) is 0. The van der Waals surface area contributed by atoms with Gasteiger partial charge in [-0.2, -0.15) is 13.2 Å². The Hall–Kier alpha value is -1.76. The van der Waals surface area contributed by atoms with Crippen molar-refractivity contribution >= 4 is 11.6 Å². The number of carbonyl (C=O) groups is 1. The number of aryl methyl sites for hydroxylation is 1. The monoisotopic (exact) mass is 290 g/mol. The third-order valence-electron chi connectivity index (χ3n) is 2.82. The maximum Gasteiger partial charge on any atom is 0.415 e. The number of hydrogen-bond acceptors (Lipinski definition) is 3. The first kappa shape index (κ1) is 16.3. The van der Waals surface area contributed by atoms with Crippen LogP contribution in [0, 0.1) is 6.92 Å². The van der Waals surface area contributed by atoms with E-state index in [-0.39, 0.29) is 5.69 Å². The molecule has 7 heteroatoms. The van der Waals surface area contributed by atoms with Crippen LogP contribution in [0.15, 0.2) is 18.2 Å². The quantitative estimate of drug-likeness (QED) is 0.896. The van der Waals surface area contributed by atoms with E-state index in [1.165, 1.54) is 6.07 Å². The van der Waals surface area contributed by atoms with Gasteiger partial charge in [0.1, 0.15) is 5.75 Å². The number of benzene rings is 1. The molecule has 1 aromatic carbocycles. The molecule has 1 unspecified atom stereocenters. The fraction of sp³-hybridized carbons (Fsp3) is 0.462. The van der Waals surface area contributed by atoms with Gasteiger partial charge in [-0.1, -0.05) is 0 Å². The highest BCUT2D eigenvalue weighted by molar-refractivity contribution is 5.98. The first-order valence-corrected chi connectivity index (χ1v) is 6.00. The Morgan fingerprint density at radius 2 is 2.00 bits per heavy atom. The van der Waals surface area contributed by atoms with Crippen LogP contribution < -0.4 is 15.8 Å². The van der Waals surface area contributed by atoms with Crippen molar-refractivity contribution in [3.63, 3.8) is 0 Å². The second kappa shape index (κ2) is 5.70. The summed E-state index contributed by atoms with van der Waals surface area (Å²) in [6.45, 7) is 4.57. The maximum atomic E-state index is 12.6. The van der Waals surface area contributed by atoms with Gasteiger partial charge in [0.15, 0.2) is 5.54 Å². The lowest BCUT2D eigenvalue weighted by molar-refractivity contribution is -0.184. The van der Waals surface area contributed by atoms with Crippen molar-refractivity contribution in [3.05, 3.63) is 23.8 Å². The molecule has 0 saturated carbocycles. The average molecular weight is 290 g/mol. The fourth-order valence-corrected chi connectivity index (χ4v) is 1.41. The van der Waals surface area contributed by atoms with Crippen molar-refractivity contribution < 1.29 is 22.7 Å². The van der Waals surface area contributed by atoms with Gasteiger partial charge in [0.2, 0.25) is 0 Å². The summed E-state index contributed by atoms with van der Waals surface area (Å²) in [6, 6.07) is 4.67. The van der Waals surface area contributed by atoms with Crippen LogP contribution in [0.25, 0.3) is 0 Å². The number of hydrogen-bond donors (Lipinski definition) is 2. The van der Waals surface area contributed by atoms with E-state index in [4.69, 9.17) is 10.5 Å². The molecular formula is C13H17F3N2O2. The average Bonchev–Trinajstić information content (AvgIpc) is 2.31. The summed E-state index contributed by atoms with van der Waals surface area (Å²) >= 11 is 0. The predicted octanol–water partition coefficient (Wildman–Crippen LogP) is 2.61. The van der Waals surface area contributed by atoms with Gasteiger partial charge in [0, 0.05) is 5.69 Å². The van der Waals surface area contributed by atoms with E-state index in [9.17, 15) is 18.0 Å². The molecule has 0 bridgehead atoms. The molecule has 0 aliphatic carbocycles. The molecule has 0 aliphatic rings. The summed E-state index contributed by atoms with van der Waals surface area (Å²) in [4.78, 5) is 11.7. The number of carbonyl (C=O) groups excluding carboxylic acids is 1. The SMILES string of the molecule is CCOc1ccc(NC(=O)C(C)(N)C(F)(F)F)c(C)c1. The number of nitrogens with two attached hydrogens (primary N) is 1. The van der Waals surface area contributed by atoms with Gasteiger partial charge in [-0.25, -0.2) is 0 Å². The first-order chi connectivity index (χ1) is 9.09. The molecule has 1 rings (SSSR count). The number of amides is 1. The Morgan fingerprint density at radius 1 is 1.40 bits per heavy atom. The second-order valence-electron chi connectivity index (χ2n) is 4.56. The number of rotatable bonds is 4. The van der Waals surface area contributed by atoms with Gasteiger partial charge in [0.25, 0.3) is 5.91 Å². The standard InChI is InChI=1S/C13H17F3N2O2/c1-4-20-9-5-6-10(8(2)7-9)18-11(19)12(3,17)13(14,15)16/h5-7H,4,17H2,1-3H3,(H,18,19). The third-order valence-corrected chi connectivity index (χ3v) is 2.82. The Labute approximate surface area is 115 Å². The summed E-state index contributed by atoms with van der Waals surface area (Å²) in [5, 5.41) is 2.19. The number of nitrogens with one attached hydrogen (secondary N) is 1. The van der Waals surface area contributed by atoms with E-state index in [2.05, 4.69) is 5.32 Å². The van der Waals surface area contributed by atoms with Crippen LogP contribution in [0.5, 0.6) is 5.75 Å². The molecule has 0 aliphatic heterocycles. The fourth-order valence-electron chi connectivity index (χ4n) is 1.41. The number of anilines is 1. The van der Waals surface area contributed by atoms with Gasteiger partial charge in [-0.15, -0.1) is 0 Å². The zero-order chi connectivity index (χ0) is 15.6. The highest BCUT2D eigenvalue weighted by Gasteiger charge is 2.54. The lowest BCUT2D eigenvalue weighted by atomic mass is 10.0. The van der Waals surface area contributed by atoms with Crippen molar-refractivity contribution in [2.24, 2.45) is 5.73 Å². The Morgan fingerprint density at radius 3 is 2.45 bits per heavy atom. The lowest BCUT2D eigenvalue weighted by Gasteiger charge is -2.26. The smallest absolute Gasteiger partial charge is 0.415 e. The van der Waals surface area contributed by atoms with Crippen LogP contribution in [0.4, 0.5) is 18.9 Å². The molecule has 0 fully saturated rings. The summed E-state index contributed by atoms with van der Waals surface area (Å²) in [6.07, 6.45) is -4.82. The highest BCUT2D eigenvalue weighted by atomic mass is 19.4. The number of ether oxygens (including phenoxy) is 1. The van der Waals surface area contributed by atoms with Gasteiger partial charge in [-0.05, 0) is 44.5 Å². The molecule has 20 heavy (non-hydrogen) atoms. The molecule has 1 aromatic rings. The van der Waals surface area contributed by atoms with Crippen molar-refractivity contribution in [1.29, 1.82) is 0 Å². The van der Waals surface area contributed by atoms with Crippen LogP contribution in [-0.2, 0) is 4.79 Å². The zero-order valence-corrected chi connectivity index (χ0v) is 11.5. The molecule has 0 radical (unpaired) electrons. The molecule has 0 aromatic heterocycles. The van der Waals surface area contributed by atoms with Gasteiger partial charge < -0.3 is 15.8 Å². The molecule has 1 atom stereocenters. The molecule has 0 spiro atoms. The van der Waals surface area contributed by atoms with Crippen LogP contribution in [0.2, 0.25) is 0 Å². The molecule has 0 saturated heterocycles. The molecule has 4 nitrogen and oxygen atoms in total. The summed E-state index contributed by atoms with van der Waals surface area (Å²) in [5.74, 6) is -0.730. The third kappa shape index (κ3) is 3.41. The van der Waals surface area contributed by atoms with Crippen molar-refractivity contribution in [1.82, 2.24) is 0 Å². The van der Waals surface area contributed by atoms with E-state index in [1.807, 2.05) is 6.92 Å². The minimum atomic E-state index is -4.82. The summed E-state index contributed by atoms with van der Waals surface area (Å²) in [5.41, 5.74) is 2.95. The van der Waals surface area contributed by atoms with Gasteiger partial charge in [0.05, 0.1) is 6.61 Å². The first-order valence-electron chi connectivity index (χ1n) is 6.00. The van der Waals surface area contributed by atoms with Crippen LogP contribution in [-0.4, -0.2) is 24.2 Å². The lowest BCUT2D eigenvalue weighted by Crippen LogP contribution is -2.59.